The van der Waals surface area contributed by atoms with Crippen LogP contribution in [0.3, 0.4) is 0 Å². The van der Waals surface area contributed by atoms with Crippen LogP contribution in [0.15, 0.2) is 54.9 Å². The Labute approximate surface area is 174 Å². The smallest absolute Gasteiger partial charge is 0.254 e. The molecule has 154 valence electrons. The van der Waals surface area contributed by atoms with Crippen LogP contribution in [0, 0.1) is 13.8 Å². The molecule has 0 spiro atoms. The summed E-state index contributed by atoms with van der Waals surface area (Å²) in [5.41, 5.74) is 8.21. The summed E-state index contributed by atoms with van der Waals surface area (Å²) in [5.74, 6) is 0.928. The zero-order valence-corrected chi connectivity index (χ0v) is 17.0. The maximum absolute atomic E-state index is 12.9. The van der Waals surface area contributed by atoms with Crippen LogP contribution in [0.25, 0.3) is 0 Å². The van der Waals surface area contributed by atoms with Crippen molar-refractivity contribution in [1.29, 1.82) is 0 Å². The molecule has 0 aliphatic carbocycles. The molecule has 3 heterocycles. The molecule has 30 heavy (non-hydrogen) atoms. The van der Waals surface area contributed by atoms with Gasteiger partial charge in [0.15, 0.2) is 30.0 Å². The Bertz CT molecular complexity index is 1120. The first-order valence-electron chi connectivity index (χ1n) is 9.79. The molecule has 0 saturated carbocycles. The number of pyridine rings is 1. The van der Waals surface area contributed by atoms with Crippen LogP contribution in [-0.2, 0) is 13.1 Å². The summed E-state index contributed by atoms with van der Waals surface area (Å²) in [7, 11) is 0. The molecule has 3 aromatic rings. The van der Waals surface area contributed by atoms with Crippen molar-refractivity contribution in [2.75, 3.05) is 6.61 Å². The molecular weight excluding hydrogens is 382 g/mol. The normalized spacial score (nSPS) is 15.1. The molecule has 4 rings (SSSR count). The first-order chi connectivity index (χ1) is 14.4. The number of hydrogen-bond acceptors (Lipinski definition) is 4. The molecule has 0 unspecified atom stereocenters. The number of nitrogens with zero attached hydrogens (tertiary/aromatic N) is 2. The second-order valence-corrected chi connectivity index (χ2v) is 7.45. The summed E-state index contributed by atoms with van der Waals surface area (Å²) in [6, 6.07) is 12.8. The molecule has 1 amide bonds. The van der Waals surface area contributed by atoms with Gasteiger partial charge < -0.3 is 19.8 Å². The lowest BCUT2D eigenvalue weighted by atomic mass is 10.1. The van der Waals surface area contributed by atoms with Crippen LogP contribution in [0.2, 0.25) is 0 Å². The maximum Gasteiger partial charge on any atom is 0.254 e. The highest BCUT2D eigenvalue weighted by Gasteiger charge is 2.25. The third kappa shape index (κ3) is 3.91. The lowest BCUT2D eigenvalue weighted by molar-refractivity contribution is -0.683. The van der Waals surface area contributed by atoms with Crippen LogP contribution in [0.4, 0.5) is 0 Å². The number of aromatic nitrogens is 2. The predicted molar refractivity (Wildman–Crippen MR) is 110 cm³/mol. The lowest BCUT2D eigenvalue weighted by Gasteiger charge is -2.27. The van der Waals surface area contributed by atoms with E-state index in [1.54, 1.807) is 29.1 Å². The number of aryl methyl sites for hydroxylation is 1. The second-order valence-electron chi connectivity index (χ2n) is 7.45. The number of fused-ring (bicyclic) bond motifs is 1. The van der Waals surface area contributed by atoms with Gasteiger partial charge in [-0.05, 0) is 38.1 Å². The van der Waals surface area contributed by atoms with Crippen molar-refractivity contribution in [2.45, 2.75) is 33.0 Å². The van der Waals surface area contributed by atoms with E-state index in [0.717, 1.165) is 22.9 Å². The third-order valence-electron chi connectivity index (χ3n) is 5.30. The molecule has 2 N–H and O–H groups in total. The number of carbonyl (C=O) groups excluding carboxylic acids is 2. The number of amides is 1. The summed E-state index contributed by atoms with van der Waals surface area (Å²) in [6.07, 6.45) is 3.19. The number of hydrogen-bond donors (Lipinski definition) is 1. The van der Waals surface area contributed by atoms with Gasteiger partial charge in [0.1, 0.15) is 12.2 Å². The highest BCUT2D eigenvalue weighted by molar-refractivity contribution is 5.96. The van der Waals surface area contributed by atoms with Gasteiger partial charge in [0, 0.05) is 23.0 Å². The third-order valence-corrected chi connectivity index (χ3v) is 5.30. The fourth-order valence-corrected chi connectivity index (χ4v) is 3.74. The van der Waals surface area contributed by atoms with Crippen molar-refractivity contribution >= 4 is 11.7 Å². The zero-order valence-electron chi connectivity index (χ0n) is 17.0. The summed E-state index contributed by atoms with van der Waals surface area (Å²) in [5, 5.41) is 0. The molecule has 0 saturated heterocycles. The van der Waals surface area contributed by atoms with E-state index in [4.69, 9.17) is 15.2 Å². The van der Waals surface area contributed by atoms with E-state index in [1.165, 1.54) is 0 Å². The van der Waals surface area contributed by atoms with Crippen LogP contribution in [0.5, 0.6) is 11.5 Å². The van der Waals surface area contributed by atoms with E-state index < -0.39 is 5.91 Å². The monoisotopic (exact) mass is 406 g/mol. The van der Waals surface area contributed by atoms with Gasteiger partial charge in [-0.3, -0.25) is 9.59 Å². The Morgan fingerprint density at radius 2 is 1.93 bits per heavy atom. The Hall–Kier alpha value is -3.61. The van der Waals surface area contributed by atoms with Crippen LogP contribution < -0.4 is 19.8 Å². The van der Waals surface area contributed by atoms with Crippen LogP contribution >= 0.6 is 0 Å². The molecule has 0 bridgehead atoms. The molecule has 7 nitrogen and oxygen atoms in total. The highest BCUT2D eigenvalue weighted by Crippen LogP contribution is 2.31. The molecule has 2 aromatic heterocycles. The van der Waals surface area contributed by atoms with E-state index in [2.05, 4.69) is 4.57 Å². The quantitative estimate of drug-likeness (QED) is 0.502. The van der Waals surface area contributed by atoms with E-state index in [1.807, 2.05) is 44.2 Å². The van der Waals surface area contributed by atoms with Crippen molar-refractivity contribution in [2.24, 2.45) is 5.73 Å². The van der Waals surface area contributed by atoms with Gasteiger partial charge >= 0.3 is 0 Å². The van der Waals surface area contributed by atoms with Crippen molar-refractivity contribution in [3.63, 3.8) is 0 Å². The van der Waals surface area contributed by atoms with Crippen LogP contribution in [0.1, 0.15) is 32.1 Å². The Kier molecular flexibility index (Phi) is 5.27. The van der Waals surface area contributed by atoms with Gasteiger partial charge in [-0.1, -0.05) is 12.1 Å². The van der Waals surface area contributed by atoms with Gasteiger partial charge in [-0.2, -0.15) is 4.57 Å². The summed E-state index contributed by atoms with van der Waals surface area (Å²) < 4.78 is 15.6. The van der Waals surface area contributed by atoms with Crippen molar-refractivity contribution < 1.29 is 23.6 Å². The Morgan fingerprint density at radius 3 is 2.70 bits per heavy atom. The minimum absolute atomic E-state index is 0.0351. The van der Waals surface area contributed by atoms with Crippen molar-refractivity contribution in [1.82, 2.24) is 4.57 Å². The molecule has 1 aliphatic heterocycles. The number of ketones is 1. The molecule has 1 aliphatic rings. The SMILES string of the molecule is Cc1cc(C(=O)C[n+]2cccc(C(N)=O)c2)c(C)n1C[C@H]1COc2ccccc2O1. The zero-order chi connectivity index (χ0) is 21.3. The number of nitrogens with two attached hydrogens (primary N) is 1. The topological polar surface area (TPSA) is 87.4 Å². The number of rotatable bonds is 6. The summed E-state index contributed by atoms with van der Waals surface area (Å²) in [4.78, 5) is 24.3. The van der Waals surface area contributed by atoms with Gasteiger partial charge in [0.25, 0.3) is 5.91 Å². The number of benzene rings is 1. The second kappa shape index (κ2) is 8.02. The number of para-hydroxylation sites is 2. The van der Waals surface area contributed by atoms with Gasteiger partial charge in [0.05, 0.1) is 6.54 Å². The molecule has 1 aromatic carbocycles. The largest absolute Gasteiger partial charge is 0.486 e. The first kappa shape index (κ1) is 19.7. The van der Waals surface area contributed by atoms with Crippen molar-refractivity contribution in [3.05, 3.63) is 77.4 Å². The fraction of sp³-hybridized carbons (Fsp3) is 0.261. The minimum Gasteiger partial charge on any atom is -0.486 e. The van der Waals surface area contributed by atoms with Gasteiger partial charge in [0.2, 0.25) is 12.3 Å². The Morgan fingerprint density at radius 1 is 1.17 bits per heavy atom. The number of primary amides is 1. The van der Waals surface area contributed by atoms with Gasteiger partial charge in [-0.25, -0.2) is 0 Å². The highest BCUT2D eigenvalue weighted by atomic mass is 16.6. The van der Waals surface area contributed by atoms with Crippen molar-refractivity contribution in [3.8, 4) is 11.5 Å². The molecule has 7 heteroatoms. The summed E-state index contributed by atoms with van der Waals surface area (Å²) >= 11 is 0. The number of carbonyl (C=O) groups is 2. The lowest BCUT2D eigenvalue weighted by Crippen LogP contribution is -2.38. The number of ether oxygens (including phenoxy) is 2. The standard InChI is InChI=1S/C23H23N3O4/c1-15-10-19(20(27)13-25-9-5-6-17(11-25)23(24)28)16(2)26(15)12-18-14-29-21-7-3-4-8-22(21)30-18/h3-11,18H,12-14H2,1-2H3,(H-,24,28)/p+1/t18-/m0/s1. The molecule has 1 atom stereocenters. The minimum atomic E-state index is -0.522. The fourth-order valence-electron chi connectivity index (χ4n) is 3.74. The van der Waals surface area contributed by atoms with Gasteiger partial charge in [-0.15, -0.1) is 0 Å². The predicted octanol–water partition coefficient (Wildman–Crippen LogP) is 2.21. The molecule has 0 radical (unpaired) electrons. The number of Topliss-reactive ketones (excluding diaryl/α,β-unsaturated/α-hetero) is 1. The van der Waals surface area contributed by atoms with E-state index in [9.17, 15) is 9.59 Å². The van der Waals surface area contributed by atoms with E-state index >= 15 is 0 Å². The van der Waals surface area contributed by atoms with Crippen LogP contribution in [-0.4, -0.2) is 29.0 Å². The average Bonchev–Trinajstić information content (AvgIpc) is 3.02. The average molecular weight is 406 g/mol. The maximum atomic E-state index is 12.9. The summed E-state index contributed by atoms with van der Waals surface area (Å²) in [6.45, 7) is 5.07. The molecular formula is C23H24N3O4+. The van der Waals surface area contributed by atoms with E-state index in [-0.39, 0.29) is 18.4 Å². The first-order valence-corrected chi connectivity index (χ1v) is 9.79. The Balaban J connectivity index is 1.50. The molecule has 0 fully saturated rings. The van der Waals surface area contributed by atoms with E-state index in [0.29, 0.717) is 24.3 Å².